The van der Waals surface area contributed by atoms with Gasteiger partial charge in [-0.15, -0.1) is 0 Å². The molecule has 0 unspecified atom stereocenters. The number of benzene rings is 1. The molecule has 1 aliphatic rings. The summed E-state index contributed by atoms with van der Waals surface area (Å²) in [6.07, 6.45) is 6.93. The SMILES string of the molecule is CC(C)CC1(CNCc2ccc(Br)c(Cl)c2)CCCC1. The molecule has 0 bridgehead atoms. The lowest BCUT2D eigenvalue weighted by molar-refractivity contribution is 0.223. The molecular formula is C17H25BrClN. The van der Waals surface area contributed by atoms with Crippen molar-refractivity contribution >= 4 is 27.5 Å². The molecule has 0 aliphatic heterocycles. The van der Waals surface area contributed by atoms with Gasteiger partial charge >= 0.3 is 0 Å². The van der Waals surface area contributed by atoms with E-state index in [0.717, 1.165) is 28.5 Å². The second kappa shape index (κ2) is 7.29. The number of hydrogen-bond acceptors (Lipinski definition) is 1. The predicted molar refractivity (Wildman–Crippen MR) is 91.2 cm³/mol. The van der Waals surface area contributed by atoms with Crippen molar-refractivity contribution in [2.24, 2.45) is 11.3 Å². The number of nitrogens with one attached hydrogen (secondary N) is 1. The predicted octanol–water partition coefficient (Wildman–Crippen LogP) is 5.80. The van der Waals surface area contributed by atoms with Gasteiger partial charge in [-0.05, 0) is 64.2 Å². The van der Waals surface area contributed by atoms with Crippen LogP contribution in [0.4, 0.5) is 0 Å². The number of hydrogen-bond donors (Lipinski definition) is 1. The molecule has 112 valence electrons. The van der Waals surface area contributed by atoms with Gasteiger partial charge in [-0.1, -0.05) is 44.4 Å². The van der Waals surface area contributed by atoms with Crippen molar-refractivity contribution < 1.29 is 0 Å². The van der Waals surface area contributed by atoms with Gasteiger partial charge in [0.15, 0.2) is 0 Å². The van der Waals surface area contributed by atoms with Crippen molar-refractivity contribution in [2.75, 3.05) is 6.54 Å². The van der Waals surface area contributed by atoms with E-state index in [4.69, 9.17) is 11.6 Å². The fourth-order valence-corrected chi connectivity index (χ4v) is 4.02. The van der Waals surface area contributed by atoms with E-state index in [2.05, 4.69) is 41.2 Å². The number of halogens is 2. The Morgan fingerprint density at radius 2 is 2.00 bits per heavy atom. The van der Waals surface area contributed by atoms with E-state index in [-0.39, 0.29) is 0 Å². The van der Waals surface area contributed by atoms with E-state index in [1.54, 1.807) is 0 Å². The smallest absolute Gasteiger partial charge is 0.0551 e. The normalized spacial score (nSPS) is 17.9. The molecule has 3 heteroatoms. The molecule has 0 radical (unpaired) electrons. The van der Waals surface area contributed by atoms with Crippen LogP contribution < -0.4 is 5.32 Å². The van der Waals surface area contributed by atoms with Crippen molar-refractivity contribution in [1.29, 1.82) is 0 Å². The molecule has 1 aromatic carbocycles. The van der Waals surface area contributed by atoms with Crippen LogP contribution in [0.2, 0.25) is 5.02 Å². The maximum absolute atomic E-state index is 6.14. The van der Waals surface area contributed by atoms with Crippen LogP contribution in [0.5, 0.6) is 0 Å². The summed E-state index contributed by atoms with van der Waals surface area (Å²) in [5.74, 6) is 0.789. The fourth-order valence-electron chi connectivity index (χ4n) is 3.57. The highest BCUT2D eigenvalue weighted by atomic mass is 79.9. The Kier molecular flexibility index (Phi) is 5.95. The molecule has 2 rings (SSSR count). The largest absolute Gasteiger partial charge is 0.312 e. The lowest BCUT2D eigenvalue weighted by atomic mass is 9.78. The molecule has 1 N–H and O–H groups in total. The zero-order valence-electron chi connectivity index (χ0n) is 12.5. The molecule has 0 atom stereocenters. The Bertz CT molecular complexity index is 439. The quantitative estimate of drug-likeness (QED) is 0.677. The first-order chi connectivity index (χ1) is 9.51. The maximum Gasteiger partial charge on any atom is 0.0551 e. The van der Waals surface area contributed by atoms with Crippen LogP contribution in [0.25, 0.3) is 0 Å². The average molecular weight is 359 g/mol. The van der Waals surface area contributed by atoms with Crippen LogP contribution in [0.3, 0.4) is 0 Å². The second-order valence-corrected chi connectivity index (χ2v) is 7.92. The third-order valence-electron chi connectivity index (χ3n) is 4.32. The minimum atomic E-state index is 0.535. The van der Waals surface area contributed by atoms with E-state index >= 15 is 0 Å². The molecule has 1 aliphatic carbocycles. The first-order valence-corrected chi connectivity index (χ1v) is 8.82. The summed E-state index contributed by atoms with van der Waals surface area (Å²) in [4.78, 5) is 0. The average Bonchev–Trinajstić information content (AvgIpc) is 2.81. The van der Waals surface area contributed by atoms with Crippen molar-refractivity contribution in [3.05, 3.63) is 33.3 Å². The van der Waals surface area contributed by atoms with Crippen LogP contribution >= 0.6 is 27.5 Å². The van der Waals surface area contributed by atoms with E-state index in [0.29, 0.717) is 5.41 Å². The zero-order chi connectivity index (χ0) is 14.6. The summed E-state index contributed by atoms with van der Waals surface area (Å²) in [6.45, 7) is 6.73. The van der Waals surface area contributed by atoms with E-state index in [9.17, 15) is 0 Å². The van der Waals surface area contributed by atoms with Gasteiger partial charge in [0.05, 0.1) is 5.02 Å². The minimum Gasteiger partial charge on any atom is -0.312 e. The molecule has 1 fully saturated rings. The van der Waals surface area contributed by atoms with Crippen molar-refractivity contribution in [1.82, 2.24) is 5.32 Å². The summed E-state index contributed by atoms with van der Waals surface area (Å²) in [7, 11) is 0. The molecule has 1 aromatic rings. The molecule has 20 heavy (non-hydrogen) atoms. The Balaban J connectivity index is 1.88. The second-order valence-electron chi connectivity index (χ2n) is 6.66. The third-order valence-corrected chi connectivity index (χ3v) is 5.55. The maximum atomic E-state index is 6.14. The van der Waals surface area contributed by atoms with Crippen molar-refractivity contribution in [2.45, 2.75) is 52.5 Å². The minimum absolute atomic E-state index is 0.535. The monoisotopic (exact) mass is 357 g/mol. The van der Waals surface area contributed by atoms with Gasteiger partial charge < -0.3 is 5.32 Å². The van der Waals surface area contributed by atoms with Gasteiger partial charge in [0, 0.05) is 17.6 Å². The third kappa shape index (κ3) is 4.47. The van der Waals surface area contributed by atoms with E-state index < -0.39 is 0 Å². The highest BCUT2D eigenvalue weighted by Gasteiger charge is 2.33. The highest BCUT2D eigenvalue weighted by Crippen LogP contribution is 2.42. The highest BCUT2D eigenvalue weighted by molar-refractivity contribution is 9.10. The summed E-state index contributed by atoms with van der Waals surface area (Å²) in [5.41, 5.74) is 1.80. The van der Waals surface area contributed by atoms with E-state index in [1.807, 2.05) is 12.1 Å². The Labute approximate surface area is 136 Å². The Hall–Kier alpha value is -0.0500. The molecule has 0 saturated heterocycles. The zero-order valence-corrected chi connectivity index (χ0v) is 14.9. The first-order valence-electron chi connectivity index (χ1n) is 7.65. The van der Waals surface area contributed by atoms with Gasteiger partial charge in [-0.3, -0.25) is 0 Å². The molecule has 0 spiro atoms. The molecule has 1 nitrogen and oxygen atoms in total. The Morgan fingerprint density at radius 3 is 2.60 bits per heavy atom. The standard InChI is InChI=1S/C17H25BrClN/c1-13(2)10-17(7-3-4-8-17)12-20-11-14-5-6-15(18)16(19)9-14/h5-6,9,13,20H,3-4,7-8,10-12H2,1-2H3. The molecule has 0 aromatic heterocycles. The van der Waals surface area contributed by atoms with Gasteiger partial charge in [0.2, 0.25) is 0 Å². The van der Waals surface area contributed by atoms with Crippen LogP contribution in [-0.4, -0.2) is 6.54 Å². The molecule has 0 amide bonds. The van der Waals surface area contributed by atoms with Gasteiger partial charge in [0.1, 0.15) is 0 Å². The molecule has 1 saturated carbocycles. The topological polar surface area (TPSA) is 12.0 Å². The fraction of sp³-hybridized carbons (Fsp3) is 0.647. The van der Waals surface area contributed by atoms with Crippen LogP contribution in [0, 0.1) is 11.3 Å². The lowest BCUT2D eigenvalue weighted by Gasteiger charge is -2.31. The van der Waals surface area contributed by atoms with Crippen LogP contribution in [-0.2, 0) is 6.54 Å². The Morgan fingerprint density at radius 1 is 1.30 bits per heavy atom. The molecule has 0 heterocycles. The summed E-state index contributed by atoms with van der Waals surface area (Å²) in [5, 5.41) is 4.46. The van der Waals surface area contributed by atoms with Crippen molar-refractivity contribution in [3.8, 4) is 0 Å². The van der Waals surface area contributed by atoms with Gasteiger partial charge in [0.25, 0.3) is 0 Å². The summed E-state index contributed by atoms with van der Waals surface area (Å²) >= 11 is 9.58. The van der Waals surface area contributed by atoms with Crippen LogP contribution in [0.1, 0.15) is 51.5 Å². The summed E-state index contributed by atoms with van der Waals surface area (Å²) < 4.78 is 0.968. The van der Waals surface area contributed by atoms with Crippen molar-refractivity contribution in [3.63, 3.8) is 0 Å². The van der Waals surface area contributed by atoms with Gasteiger partial charge in [-0.25, -0.2) is 0 Å². The number of rotatable bonds is 6. The summed E-state index contributed by atoms with van der Waals surface area (Å²) in [6, 6.07) is 6.20. The van der Waals surface area contributed by atoms with Gasteiger partial charge in [-0.2, -0.15) is 0 Å². The van der Waals surface area contributed by atoms with E-state index in [1.165, 1.54) is 37.7 Å². The van der Waals surface area contributed by atoms with Crippen LogP contribution in [0.15, 0.2) is 22.7 Å². The first kappa shape index (κ1) is 16.3. The molecular weight excluding hydrogens is 334 g/mol. The lowest BCUT2D eigenvalue weighted by Crippen LogP contribution is -2.33.